The Morgan fingerprint density at radius 2 is 1.59 bits per heavy atom. The zero-order valence-electron chi connectivity index (χ0n) is 21.8. The lowest BCUT2D eigenvalue weighted by molar-refractivity contribution is -0.113. The number of carbonyl (C=O) groups excluding carboxylic acids is 1. The smallest absolute Gasteiger partial charge is 0.271 e. The van der Waals surface area contributed by atoms with Crippen LogP contribution in [-0.2, 0) is 4.79 Å². The molecule has 4 aromatic rings. The molecule has 1 fully saturated rings. The highest BCUT2D eigenvalue weighted by Gasteiger charge is 2.32. The number of anilines is 2. The van der Waals surface area contributed by atoms with Crippen LogP contribution in [0.1, 0.15) is 43.4 Å². The quantitative estimate of drug-likeness (QED) is 0.398. The minimum atomic E-state index is -0.574. The van der Waals surface area contributed by atoms with Gasteiger partial charge in [0.05, 0.1) is 21.8 Å². The average Bonchev–Trinajstić information content (AvgIpc) is 3.28. The van der Waals surface area contributed by atoms with Gasteiger partial charge in [0, 0.05) is 24.5 Å². The summed E-state index contributed by atoms with van der Waals surface area (Å²) in [5, 5.41) is 2.99. The second-order valence-electron chi connectivity index (χ2n) is 9.95. The van der Waals surface area contributed by atoms with Crippen molar-refractivity contribution in [1.29, 1.82) is 0 Å². The molecule has 0 saturated carbocycles. The Hall–Kier alpha value is -4.23. The lowest BCUT2D eigenvalue weighted by Gasteiger charge is -2.28. The molecule has 1 atom stereocenters. The van der Waals surface area contributed by atoms with Crippen molar-refractivity contribution in [3.05, 3.63) is 127 Å². The Morgan fingerprint density at radius 1 is 0.923 bits per heavy atom. The molecule has 2 aliphatic rings. The Kier molecular flexibility index (Phi) is 6.99. The van der Waals surface area contributed by atoms with E-state index in [1.165, 1.54) is 36.3 Å². The van der Waals surface area contributed by atoms with Crippen molar-refractivity contribution in [3.63, 3.8) is 0 Å². The molecule has 3 heterocycles. The van der Waals surface area contributed by atoms with Crippen molar-refractivity contribution >= 4 is 34.7 Å². The van der Waals surface area contributed by atoms with Crippen molar-refractivity contribution in [1.82, 2.24) is 4.57 Å². The summed E-state index contributed by atoms with van der Waals surface area (Å²) < 4.78 is 2.26. The lowest BCUT2D eigenvalue weighted by Crippen LogP contribution is -2.40. The first-order valence-electron chi connectivity index (χ1n) is 13.4. The van der Waals surface area contributed by atoms with Gasteiger partial charge in [-0.2, -0.15) is 0 Å². The third-order valence-corrected chi connectivity index (χ3v) is 8.31. The normalized spacial score (nSPS) is 17.5. The molecule has 0 unspecified atom stereocenters. The van der Waals surface area contributed by atoms with Crippen LogP contribution in [0.5, 0.6) is 0 Å². The average molecular weight is 535 g/mol. The number of amides is 1. The predicted octanol–water partition coefficient (Wildman–Crippen LogP) is 4.86. The van der Waals surface area contributed by atoms with Crippen molar-refractivity contribution in [3.8, 4) is 0 Å². The Morgan fingerprint density at radius 3 is 2.28 bits per heavy atom. The van der Waals surface area contributed by atoms with Gasteiger partial charge >= 0.3 is 0 Å². The third kappa shape index (κ3) is 5.10. The van der Waals surface area contributed by atoms with Crippen molar-refractivity contribution in [2.45, 2.75) is 32.2 Å². The Labute approximate surface area is 231 Å². The van der Waals surface area contributed by atoms with Crippen LogP contribution in [-0.4, -0.2) is 23.6 Å². The molecule has 6 nitrogen and oxygen atoms in total. The molecule has 2 aliphatic heterocycles. The van der Waals surface area contributed by atoms with Crippen LogP contribution in [0.15, 0.2) is 106 Å². The second-order valence-corrected chi connectivity index (χ2v) is 11.0. The molecule has 0 aliphatic carbocycles. The first-order valence-corrected chi connectivity index (χ1v) is 14.2. The molecule has 6 rings (SSSR count). The first-order chi connectivity index (χ1) is 19.1. The summed E-state index contributed by atoms with van der Waals surface area (Å²) in [6, 6.07) is 26.9. The minimum absolute atomic E-state index is 0.148. The SMILES string of the molecule is CC1=C(C(=O)Nc2ccccc2)[C@@H](c2ccccc2)n2c(s/c(=C/c3ccc(N4CCCCC4)cc3)c2=O)=N1. The molecule has 7 heteroatoms. The van der Waals surface area contributed by atoms with Gasteiger partial charge in [-0.1, -0.05) is 72.0 Å². The van der Waals surface area contributed by atoms with E-state index in [0.29, 0.717) is 26.3 Å². The van der Waals surface area contributed by atoms with Gasteiger partial charge < -0.3 is 10.2 Å². The number of carbonyl (C=O) groups is 1. The summed E-state index contributed by atoms with van der Waals surface area (Å²) >= 11 is 1.36. The van der Waals surface area contributed by atoms with E-state index in [-0.39, 0.29) is 11.5 Å². The van der Waals surface area contributed by atoms with Gasteiger partial charge in [0.25, 0.3) is 11.5 Å². The fraction of sp³-hybridized carbons (Fsp3) is 0.219. The number of piperidine rings is 1. The number of nitrogens with zero attached hydrogens (tertiary/aromatic N) is 3. The third-order valence-electron chi connectivity index (χ3n) is 7.33. The van der Waals surface area contributed by atoms with Gasteiger partial charge in [0.15, 0.2) is 4.80 Å². The second kappa shape index (κ2) is 10.9. The Bertz CT molecular complexity index is 1700. The zero-order chi connectivity index (χ0) is 26.8. The maximum absolute atomic E-state index is 13.9. The summed E-state index contributed by atoms with van der Waals surface area (Å²) in [5.74, 6) is -0.265. The van der Waals surface area contributed by atoms with E-state index in [1.807, 2.05) is 73.7 Å². The van der Waals surface area contributed by atoms with Gasteiger partial charge in [0.1, 0.15) is 0 Å². The van der Waals surface area contributed by atoms with Crippen LogP contribution in [0.25, 0.3) is 6.08 Å². The molecule has 39 heavy (non-hydrogen) atoms. The topological polar surface area (TPSA) is 66.7 Å². The molecule has 0 bridgehead atoms. The van der Waals surface area contributed by atoms with E-state index in [1.54, 1.807) is 4.57 Å². The van der Waals surface area contributed by atoms with Crippen molar-refractivity contribution in [2.24, 2.45) is 4.99 Å². The molecule has 1 aromatic heterocycles. The molecule has 196 valence electrons. The largest absolute Gasteiger partial charge is 0.372 e. The summed E-state index contributed by atoms with van der Waals surface area (Å²) in [4.78, 5) is 35.2. The van der Waals surface area contributed by atoms with E-state index in [4.69, 9.17) is 4.99 Å². The molecule has 3 aromatic carbocycles. The van der Waals surface area contributed by atoms with Gasteiger partial charge in [0.2, 0.25) is 0 Å². The van der Waals surface area contributed by atoms with Crippen LogP contribution in [0.2, 0.25) is 0 Å². The van der Waals surface area contributed by atoms with E-state index in [0.717, 1.165) is 24.2 Å². The van der Waals surface area contributed by atoms with E-state index in [2.05, 4.69) is 34.5 Å². The van der Waals surface area contributed by atoms with Gasteiger partial charge in [-0.3, -0.25) is 14.2 Å². The predicted molar refractivity (Wildman–Crippen MR) is 158 cm³/mol. The van der Waals surface area contributed by atoms with Crippen LogP contribution in [0.4, 0.5) is 11.4 Å². The number of aromatic nitrogens is 1. The molecule has 0 radical (unpaired) electrons. The van der Waals surface area contributed by atoms with Gasteiger partial charge in [-0.15, -0.1) is 0 Å². The molecule has 1 amide bonds. The Balaban J connectivity index is 1.40. The monoisotopic (exact) mass is 534 g/mol. The maximum atomic E-state index is 13.9. The fourth-order valence-corrected chi connectivity index (χ4v) is 6.41. The number of para-hydroxylation sites is 1. The van der Waals surface area contributed by atoms with Crippen LogP contribution < -0.4 is 25.1 Å². The minimum Gasteiger partial charge on any atom is -0.372 e. The fourth-order valence-electron chi connectivity index (χ4n) is 5.37. The first kappa shape index (κ1) is 25.1. The number of rotatable bonds is 5. The number of thiazole rings is 1. The van der Waals surface area contributed by atoms with Crippen molar-refractivity contribution < 1.29 is 4.79 Å². The summed E-state index contributed by atoms with van der Waals surface area (Å²) in [7, 11) is 0. The summed E-state index contributed by atoms with van der Waals surface area (Å²) in [5.41, 5.74) is 4.68. The molecular weight excluding hydrogens is 504 g/mol. The van der Waals surface area contributed by atoms with Gasteiger partial charge in [-0.05, 0) is 67.7 Å². The van der Waals surface area contributed by atoms with Crippen LogP contribution in [0.3, 0.4) is 0 Å². The summed E-state index contributed by atoms with van der Waals surface area (Å²) in [6.07, 6.45) is 5.69. The van der Waals surface area contributed by atoms with Crippen LogP contribution >= 0.6 is 11.3 Å². The standard InChI is InChI=1S/C32H30N4O2S/c1-22-28(30(37)34-25-13-7-3-8-14-25)29(24-11-5-2-6-12-24)36-31(38)27(39-32(36)33-22)21-23-15-17-26(18-16-23)35-19-9-4-10-20-35/h2-3,5-8,11-18,21,29H,4,9-10,19-20H2,1H3,(H,34,37)/b27-21+/t29-/m1/s1. The molecule has 0 spiro atoms. The van der Waals surface area contributed by atoms with E-state index >= 15 is 0 Å². The number of nitrogens with one attached hydrogen (secondary N) is 1. The lowest BCUT2D eigenvalue weighted by atomic mass is 9.95. The molecule has 1 N–H and O–H groups in total. The highest BCUT2D eigenvalue weighted by Crippen LogP contribution is 2.30. The number of benzene rings is 3. The van der Waals surface area contributed by atoms with E-state index < -0.39 is 6.04 Å². The van der Waals surface area contributed by atoms with Crippen LogP contribution in [0, 0.1) is 0 Å². The van der Waals surface area contributed by atoms with Gasteiger partial charge in [-0.25, -0.2) is 4.99 Å². The zero-order valence-corrected chi connectivity index (χ0v) is 22.7. The van der Waals surface area contributed by atoms with E-state index in [9.17, 15) is 9.59 Å². The molecular formula is C32H30N4O2S. The van der Waals surface area contributed by atoms with Crippen molar-refractivity contribution in [2.75, 3.05) is 23.3 Å². The molecule has 1 saturated heterocycles. The maximum Gasteiger partial charge on any atom is 0.271 e. The number of fused-ring (bicyclic) bond motifs is 1. The number of hydrogen-bond acceptors (Lipinski definition) is 5. The number of allylic oxidation sites excluding steroid dienone is 1. The highest BCUT2D eigenvalue weighted by molar-refractivity contribution is 7.07. The summed E-state index contributed by atoms with van der Waals surface area (Å²) in [6.45, 7) is 4.03. The number of hydrogen-bond donors (Lipinski definition) is 1. The highest BCUT2D eigenvalue weighted by atomic mass is 32.1.